The molecule has 0 aromatic rings. The highest BCUT2D eigenvalue weighted by Gasteiger charge is 2.35. The van der Waals surface area contributed by atoms with Gasteiger partial charge in [-0.1, -0.05) is 27.7 Å². The van der Waals surface area contributed by atoms with Crippen molar-refractivity contribution >= 4 is 83.6 Å². The molecular formula is C37H63N11O15S. The summed E-state index contributed by atoms with van der Waals surface area (Å²) in [4.78, 5) is 151. The minimum Gasteiger partial charge on any atom is -0.481 e. The van der Waals surface area contributed by atoms with Gasteiger partial charge in [0.2, 0.25) is 59.1 Å². The van der Waals surface area contributed by atoms with Gasteiger partial charge in [0.05, 0.1) is 19.1 Å². The maximum Gasteiger partial charge on any atom is 0.325 e. The second-order valence-corrected chi connectivity index (χ2v) is 15.9. The minimum absolute atomic E-state index is 0.0874. The van der Waals surface area contributed by atoms with Gasteiger partial charge < -0.3 is 75.1 Å². The van der Waals surface area contributed by atoms with Gasteiger partial charge in [0, 0.05) is 18.6 Å². The zero-order valence-electron chi connectivity index (χ0n) is 36.4. The molecule has 0 unspecified atom stereocenters. The Kier molecular flexibility index (Phi) is 25.9. The van der Waals surface area contributed by atoms with E-state index in [4.69, 9.17) is 22.3 Å². The molecule has 0 bridgehead atoms. The van der Waals surface area contributed by atoms with Gasteiger partial charge >= 0.3 is 11.9 Å². The van der Waals surface area contributed by atoms with Crippen molar-refractivity contribution in [2.45, 2.75) is 134 Å². The normalized spacial score (nSPS) is 15.2. The van der Waals surface area contributed by atoms with Crippen LogP contribution in [0.15, 0.2) is 0 Å². The van der Waals surface area contributed by atoms with Crippen LogP contribution in [0.1, 0.15) is 80.1 Å². The van der Waals surface area contributed by atoms with E-state index < -0.39 is 170 Å². The molecule has 0 fully saturated rings. The number of hydrogen-bond acceptors (Lipinski definition) is 15. The molecule has 0 aromatic carbocycles. The number of thiol groups is 1. The van der Waals surface area contributed by atoms with E-state index in [1.807, 2.05) is 0 Å². The van der Waals surface area contributed by atoms with Crippen LogP contribution in [0.4, 0.5) is 0 Å². The minimum atomic E-state index is -1.62. The van der Waals surface area contributed by atoms with Crippen LogP contribution in [0.2, 0.25) is 0 Å². The van der Waals surface area contributed by atoms with E-state index in [9.17, 15) is 67.7 Å². The summed E-state index contributed by atoms with van der Waals surface area (Å²) < 4.78 is 0. The summed E-state index contributed by atoms with van der Waals surface area (Å²) in [5, 5.41) is 46.6. The fourth-order valence-electron chi connectivity index (χ4n) is 5.42. The number of carbonyl (C=O) groups excluding carboxylic acids is 10. The number of nitrogens with one attached hydrogen (secondary N) is 8. The van der Waals surface area contributed by atoms with Crippen LogP contribution < -0.4 is 59.7 Å². The molecule has 0 radical (unpaired) electrons. The first-order valence-electron chi connectivity index (χ1n) is 20.1. The van der Waals surface area contributed by atoms with Crippen molar-refractivity contribution in [2.75, 3.05) is 12.4 Å². The molecule has 0 saturated heterocycles. The summed E-state index contributed by atoms with van der Waals surface area (Å²) in [6.07, 6.45) is -2.62. The lowest BCUT2D eigenvalue weighted by atomic mass is 10.00. The molecule has 9 atom stereocenters. The highest BCUT2D eigenvalue weighted by molar-refractivity contribution is 7.80. The third-order valence-corrected chi connectivity index (χ3v) is 9.41. The first-order valence-corrected chi connectivity index (χ1v) is 20.7. The summed E-state index contributed by atoms with van der Waals surface area (Å²) in [7, 11) is 0. The summed E-state index contributed by atoms with van der Waals surface area (Å²) in [5.74, 6) is -13.7. The Balaban J connectivity index is 6.31. The zero-order chi connectivity index (χ0) is 49.6. The van der Waals surface area contributed by atoms with Gasteiger partial charge in [0.15, 0.2) is 0 Å². The summed E-state index contributed by atoms with van der Waals surface area (Å²) in [6.45, 7) is 7.79. The third-order valence-electron chi connectivity index (χ3n) is 9.05. The van der Waals surface area contributed by atoms with Crippen molar-refractivity contribution < 1.29 is 72.9 Å². The van der Waals surface area contributed by atoms with E-state index >= 15 is 0 Å². The van der Waals surface area contributed by atoms with Gasteiger partial charge in [-0.05, 0) is 44.9 Å². The number of aliphatic hydroxyl groups is 1. The third kappa shape index (κ3) is 21.8. The molecule has 0 heterocycles. The van der Waals surface area contributed by atoms with E-state index in [0.29, 0.717) is 0 Å². The maximum atomic E-state index is 13.8. The largest absolute Gasteiger partial charge is 0.481 e. The quantitative estimate of drug-likeness (QED) is 0.0298. The number of nitrogens with two attached hydrogens (primary N) is 3. The van der Waals surface area contributed by atoms with Crippen LogP contribution in [0, 0.1) is 11.8 Å². The van der Waals surface area contributed by atoms with Crippen molar-refractivity contribution in [3.8, 4) is 0 Å². The molecule has 0 rings (SSSR count). The Hall–Kier alpha value is -6.09. The van der Waals surface area contributed by atoms with Crippen LogP contribution in [-0.4, -0.2) is 153 Å². The number of aliphatic hydroxyl groups excluding tert-OH is 1. The molecule has 17 N–H and O–H groups in total. The second kappa shape index (κ2) is 28.6. The number of aliphatic carboxylic acids is 2. The Bertz CT molecular complexity index is 1720. The smallest absolute Gasteiger partial charge is 0.325 e. The lowest BCUT2D eigenvalue weighted by Gasteiger charge is -2.29. The topological polar surface area (TPSA) is 440 Å². The van der Waals surface area contributed by atoms with Crippen molar-refractivity contribution in [1.82, 2.24) is 42.5 Å². The van der Waals surface area contributed by atoms with Crippen molar-refractivity contribution in [1.29, 1.82) is 0 Å². The monoisotopic (exact) mass is 933 g/mol. The zero-order valence-corrected chi connectivity index (χ0v) is 37.3. The molecule has 0 spiro atoms. The van der Waals surface area contributed by atoms with Crippen LogP contribution in [0.5, 0.6) is 0 Å². The predicted molar refractivity (Wildman–Crippen MR) is 227 cm³/mol. The number of primary amides is 2. The standard InChI is InChI=1S/C37H63N11O15S/c1-15(2)11-22(33(58)43-20(7-9-25(39)50)31(56)41-17(5)29(54)46-23(13-49)34(59)42-18(6)37(62)63)45-32(57)21(8-10-27(52)53)44-36(61)28(16(3)4)48-35(60)24(14-64)47-30(55)19(38)12-26(40)51/h15-24,28,49,64H,7-14,38H2,1-6H3,(H2,39,50)(H2,40,51)(H,41,56)(H,42,59)(H,43,58)(H,44,61)(H,45,57)(H,46,54)(H,47,55)(H,48,60)(H,52,53)(H,62,63)/t17-,18-,19-,20-,21-,22-,23-,24-,28-/m0/s1. The summed E-state index contributed by atoms with van der Waals surface area (Å²) in [5.41, 5.74) is 16.0. The first-order chi connectivity index (χ1) is 29.6. The number of amides is 10. The fraction of sp³-hybridized carbons (Fsp3) is 0.676. The van der Waals surface area contributed by atoms with Gasteiger partial charge in [-0.15, -0.1) is 0 Å². The van der Waals surface area contributed by atoms with Gasteiger partial charge in [-0.25, -0.2) is 0 Å². The molecule has 10 amide bonds. The molecule has 0 aromatic heterocycles. The molecule has 362 valence electrons. The average Bonchev–Trinajstić information content (AvgIpc) is 3.19. The predicted octanol–water partition coefficient (Wildman–Crippen LogP) is -6.05. The van der Waals surface area contributed by atoms with Crippen molar-refractivity contribution in [3.63, 3.8) is 0 Å². The van der Waals surface area contributed by atoms with E-state index in [1.54, 1.807) is 13.8 Å². The lowest BCUT2D eigenvalue weighted by Crippen LogP contribution is -2.61. The number of carboxylic acid groups (broad SMARTS) is 2. The number of carboxylic acids is 2. The Morgan fingerprint density at radius 3 is 1.42 bits per heavy atom. The molecular weight excluding hydrogens is 871 g/mol. The second-order valence-electron chi connectivity index (χ2n) is 15.5. The van der Waals surface area contributed by atoms with E-state index in [1.165, 1.54) is 20.8 Å². The van der Waals surface area contributed by atoms with E-state index in [-0.39, 0.29) is 18.1 Å². The molecule has 0 aliphatic carbocycles. The number of hydrogen-bond donors (Lipinski definition) is 15. The summed E-state index contributed by atoms with van der Waals surface area (Å²) in [6, 6.07) is -13.2. The fourth-order valence-corrected chi connectivity index (χ4v) is 5.68. The van der Waals surface area contributed by atoms with Gasteiger partial charge in [-0.3, -0.25) is 57.5 Å². The van der Waals surface area contributed by atoms with Gasteiger partial charge in [0.25, 0.3) is 0 Å². The molecule has 64 heavy (non-hydrogen) atoms. The number of carbonyl (C=O) groups is 12. The molecule has 0 saturated carbocycles. The molecule has 0 aliphatic heterocycles. The van der Waals surface area contributed by atoms with Crippen LogP contribution in [0.3, 0.4) is 0 Å². The molecule has 27 heteroatoms. The average molecular weight is 934 g/mol. The van der Waals surface area contributed by atoms with Crippen LogP contribution in [-0.2, 0) is 57.5 Å². The maximum absolute atomic E-state index is 13.8. The van der Waals surface area contributed by atoms with Crippen molar-refractivity contribution in [3.05, 3.63) is 0 Å². The molecule has 0 aliphatic rings. The van der Waals surface area contributed by atoms with Crippen LogP contribution >= 0.6 is 12.6 Å². The van der Waals surface area contributed by atoms with E-state index in [2.05, 4.69) is 55.2 Å². The van der Waals surface area contributed by atoms with E-state index in [0.717, 1.165) is 6.92 Å². The first kappa shape index (κ1) is 57.9. The Morgan fingerprint density at radius 1 is 0.516 bits per heavy atom. The Labute approximate surface area is 374 Å². The summed E-state index contributed by atoms with van der Waals surface area (Å²) >= 11 is 4.06. The lowest BCUT2D eigenvalue weighted by molar-refractivity contribution is -0.142. The highest BCUT2D eigenvalue weighted by Crippen LogP contribution is 2.11. The molecule has 26 nitrogen and oxygen atoms in total. The SMILES string of the molecule is CC(C)C[C@H](NC(=O)[C@H](CCC(=O)O)NC(=O)[C@@H](NC(=O)[C@H](CS)NC(=O)[C@@H](N)CC(N)=O)C(C)C)C(=O)N[C@@H](CCC(N)=O)C(=O)N[C@@H](C)C(=O)N[C@@H](CO)C(=O)N[C@@H](C)C(=O)O. The Morgan fingerprint density at radius 2 is 0.953 bits per heavy atom. The highest BCUT2D eigenvalue weighted by atomic mass is 32.1. The van der Waals surface area contributed by atoms with Crippen molar-refractivity contribution in [2.24, 2.45) is 29.0 Å². The number of rotatable bonds is 30. The van der Waals surface area contributed by atoms with Gasteiger partial charge in [-0.2, -0.15) is 12.6 Å². The van der Waals surface area contributed by atoms with Gasteiger partial charge in [0.1, 0.15) is 48.3 Å². The van der Waals surface area contributed by atoms with Crippen LogP contribution in [0.25, 0.3) is 0 Å².